The van der Waals surface area contributed by atoms with Gasteiger partial charge in [0, 0.05) is 7.11 Å². The van der Waals surface area contributed by atoms with Gasteiger partial charge in [-0.3, -0.25) is 0 Å². The van der Waals surface area contributed by atoms with Gasteiger partial charge < -0.3 is 9.47 Å². The maximum Gasteiger partial charge on any atom is 0.188 e. The maximum absolute atomic E-state index is 5.99. The van der Waals surface area contributed by atoms with Crippen molar-refractivity contribution in [1.82, 2.24) is 0 Å². The van der Waals surface area contributed by atoms with E-state index in [1.54, 1.807) is 24.9 Å². The molecule has 0 fully saturated rings. The van der Waals surface area contributed by atoms with Gasteiger partial charge in [0.2, 0.25) is 0 Å². The van der Waals surface area contributed by atoms with Gasteiger partial charge in [0.05, 0.1) is 9.92 Å². The van der Waals surface area contributed by atoms with Gasteiger partial charge in [-0.25, -0.2) is 0 Å². The quantitative estimate of drug-likeness (QED) is 0.602. The lowest BCUT2D eigenvalue weighted by Gasteiger charge is -2.11. The van der Waals surface area contributed by atoms with Crippen LogP contribution in [0.2, 0.25) is 10.0 Å². The van der Waals surface area contributed by atoms with Crippen LogP contribution in [0.3, 0.4) is 0 Å². The largest absolute Gasteiger partial charge is 0.465 e. The van der Waals surface area contributed by atoms with E-state index in [0.717, 1.165) is 4.90 Å². The first-order valence-corrected chi connectivity index (χ1v) is 5.82. The van der Waals surface area contributed by atoms with E-state index >= 15 is 0 Å². The molecule has 0 heterocycles. The van der Waals surface area contributed by atoms with E-state index in [1.807, 2.05) is 12.3 Å². The summed E-state index contributed by atoms with van der Waals surface area (Å²) < 4.78 is 10.1. The van der Waals surface area contributed by atoms with Crippen LogP contribution in [-0.2, 0) is 4.74 Å². The third kappa shape index (κ3) is 2.70. The molecule has 0 atom stereocenters. The average Bonchev–Trinajstić information content (AvgIpc) is 2.20. The Bertz CT molecular complexity index is 318. The highest BCUT2D eigenvalue weighted by molar-refractivity contribution is 7.98. The van der Waals surface area contributed by atoms with Crippen molar-refractivity contribution in [1.29, 1.82) is 0 Å². The molecule has 1 aromatic rings. The third-order valence-corrected chi connectivity index (χ3v) is 3.10. The number of benzene rings is 1. The van der Waals surface area contributed by atoms with E-state index in [4.69, 9.17) is 32.7 Å². The van der Waals surface area contributed by atoms with E-state index in [2.05, 4.69) is 0 Å². The standard InChI is InChI=1S/C9H10Cl2O2S/c1-12-5-13-9-7(14-2)4-3-6(10)8(9)11/h3-4H,5H2,1-2H3. The van der Waals surface area contributed by atoms with E-state index < -0.39 is 0 Å². The smallest absolute Gasteiger partial charge is 0.188 e. The van der Waals surface area contributed by atoms with Crippen LogP contribution in [0.5, 0.6) is 5.75 Å². The molecule has 0 amide bonds. The second kappa shape index (κ2) is 5.71. The lowest BCUT2D eigenvalue weighted by atomic mass is 10.3. The Labute approximate surface area is 97.5 Å². The SMILES string of the molecule is COCOc1c(SC)ccc(Cl)c1Cl. The summed E-state index contributed by atoms with van der Waals surface area (Å²) in [5.74, 6) is 0.577. The molecule has 14 heavy (non-hydrogen) atoms. The molecule has 0 spiro atoms. The molecule has 1 rings (SSSR count). The molecule has 0 saturated heterocycles. The van der Waals surface area contributed by atoms with Crippen molar-refractivity contribution < 1.29 is 9.47 Å². The molecule has 0 unspecified atom stereocenters. The summed E-state index contributed by atoms with van der Waals surface area (Å²) in [6.45, 7) is 0.160. The highest BCUT2D eigenvalue weighted by Crippen LogP contribution is 2.39. The number of halogens is 2. The first-order valence-electron chi connectivity index (χ1n) is 3.84. The van der Waals surface area contributed by atoms with E-state index in [0.29, 0.717) is 15.8 Å². The number of methoxy groups -OCH3 is 1. The van der Waals surface area contributed by atoms with Crippen LogP contribution < -0.4 is 4.74 Å². The summed E-state index contributed by atoms with van der Waals surface area (Å²) in [4.78, 5) is 0.941. The molecular formula is C9H10Cl2O2S. The minimum atomic E-state index is 0.160. The lowest BCUT2D eigenvalue weighted by molar-refractivity contribution is 0.0492. The number of ether oxygens (including phenoxy) is 2. The highest BCUT2D eigenvalue weighted by Gasteiger charge is 2.11. The fraction of sp³-hybridized carbons (Fsp3) is 0.333. The second-order valence-electron chi connectivity index (χ2n) is 2.44. The molecule has 78 valence electrons. The second-order valence-corrected chi connectivity index (χ2v) is 4.08. The minimum Gasteiger partial charge on any atom is -0.465 e. The summed E-state index contributed by atoms with van der Waals surface area (Å²) in [6.07, 6.45) is 1.94. The zero-order valence-electron chi connectivity index (χ0n) is 7.84. The van der Waals surface area contributed by atoms with Gasteiger partial charge >= 0.3 is 0 Å². The van der Waals surface area contributed by atoms with Crippen LogP contribution >= 0.6 is 35.0 Å². The molecule has 0 aliphatic heterocycles. The maximum atomic E-state index is 5.99. The minimum absolute atomic E-state index is 0.160. The van der Waals surface area contributed by atoms with Crippen LogP contribution in [0, 0.1) is 0 Å². The normalized spacial score (nSPS) is 10.3. The lowest BCUT2D eigenvalue weighted by Crippen LogP contribution is -2.00. The molecule has 0 aromatic heterocycles. The Morgan fingerprint density at radius 3 is 2.64 bits per heavy atom. The topological polar surface area (TPSA) is 18.5 Å². The van der Waals surface area contributed by atoms with Crippen molar-refractivity contribution in [3.8, 4) is 5.75 Å². The monoisotopic (exact) mass is 252 g/mol. The molecule has 5 heteroatoms. The van der Waals surface area contributed by atoms with Crippen LogP contribution in [0.15, 0.2) is 17.0 Å². The van der Waals surface area contributed by atoms with Crippen LogP contribution in [0.25, 0.3) is 0 Å². The van der Waals surface area contributed by atoms with Gasteiger partial charge in [-0.1, -0.05) is 23.2 Å². The molecule has 0 aliphatic rings. The van der Waals surface area contributed by atoms with Gasteiger partial charge in [-0.2, -0.15) is 0 Å². The number of rotatable bonds is 4. The Kier molecular flexibility index (Phi) is 4.89. The Balaban J connectivity index is 3.01. The summed E-state index contributed by atoms with van der Waals surface area (Å²) in [5.41, 5.74) is 0. The third-order valence-electron chi connectivity index (χ3n) is 1.55. The number of thioether (sulfide) groups is 1. The predicted molar refractivity (Wildman–Crippen MR) is 60.7 cm³/mol. The van der Waals surface area contributed by atoms with Crippen LogP contribution in [0.1, 0.15) is 0 Å². The molecule has 0 aliphatic carbocycles. The van der Waals surface area contributed by atoms with Gasteiger partial charge in [0.1, 0.15) is 5.02 Å². The van der Waals surface area contributed by atoms with Crippen molar-refractivity contribution in [2.75, 3.05) is 20.2 Å². The summed E-state index contributed by atoms with van der Waals surface area (Å²) in [5, 5.41) is 0.908. The number of hydrogen-bond donors (Lipinski definition) is 0. The van der Waals surface area contributed by atoms with Crippen molar-refractivity contribution in [3.63, 3.8) is 0 Å². The fourth-order valence-corrected chi connectivity index (χ4v) is 1.90. The average molecular weight is 253 g/mol. The predicted octanol–water partition coefficient (Wildman–Crippen LogP) is 3.70. The Morgan fingerprint density at radius 2 is 2.07 bits per heavy atom. The molecule has 0 saturated carbocycles. The molecule has 0 N–H and O–H groups in total. The molecule has 0 radical (unpaired) electrons. The zero-order chi connectivity index (χ0) is 10.6. The van der Waals surface area contributed by atoms with Crippen molar-refractivity contribution in [2.24, 2.45) is 0 Å². The Hall–Kier alpha value is -0.0900. The van der Waals surface area contributed by atoms with Crippen LogP contribution in [0.4, 0.5) is 0 Å². The fourth-order valence-electron chi connectivity index (χ4n) is 0.927. The highest BCUT2D eigenvalue weighted by atomic mass is 35.5. The molecule has 1 aromatic carbocycles. The van der Waals surface area contributed by atoms with Crippen molar-refractivity contribution in [3.05, 3.63) is 22.2 Å². The van der Waals surface area contributed by atoms with Gasteiger partial charge in [0.25, 0.3) is 0 Å². The van der Waals surface area contributed by atoms with Crippen molar-refractivity contribution >= 4 is 35.0 Å². The van der Waals surface area contributed by atoms with E-state index in [9.17, 15) is 0 Å². The number of hydrogen-bond acceptors (Lipinski definition) is 3. The van der Waals surface area contributed by atoms with Gasteiger partial charge in [-0.05, 0) is 18.4 Å². The van der Waals surface area contributed by atoms with E-state index in [1.165, 1.54) is 0 Å². The first-order chi connectivity index (χ1) is 6.70. The Morgan fingerprint density at radius 1 is 1.36 bits per heavy atom. The van der Waals surface area contributed by atoms with Crippen molar-refractivity contribution in [2.45, 2.75) is 4.90 Å². The summed E-state index contributed by atoms with van der Waals surface area (Å²) >= 11 is 13.4. The van der Waals surface area contributed by atoms with Crippen LogP contribution in [-0.4, -0.2) is 20.2 Å². The molecule has 2 nitrogen and oxygen atoms in total. The molecule has 0 bridgehead atoms. The first kappa shape index (κ1) is 12.0. The van der Waals surface area contributed by atoms with Gasteiger partial charge in [-0.15, -0.1) is 11.8 Å². The summed E-state index contributed by atoms with van der Waals surface area (Å²) in [6, 6.07) is 3.61. The van der Waals surface area contributed by atoms with E-state index in [-0.39, 0.29) is 6.79 Å². The molecular weight excluding hydrogens is 243 g/mol. The summed E-state index contributed by atoms with van der Waals surface area (Å²) in [7, 11) is 1.55. The van der Waals surface area contributed by atoms with Gasteiger partial charge in [0.15, 0.2) is 12.5 Å². The zero-order valence-corrected chi connectivity index (χ0v) is 10.2.